The van der Waals surface area contributed by atoms with E-state index >= 15 is 0 Å². The number of rotatable bonds is 5. The zero-order chi connectivity index (χ0) is 19.1. The van der Waals surface area contributed by atoms with Gasteiger partial charge in [-0.25, -0.2) is 0 Å². The van der Waals surface area contributed by atoms with Gasteiger partial charge in [0.25, 0.3) is 11.6 Å². The Bertz CT molecular complexity index is 1050. The Morgan fingerprint density at radius 1 is 1.15 bits per heavy atom. The Kier molecular flexibility index (Phi) is 5.60. The number of carbonyl (C=O) groups excluding carboxylic acids is 1. The molecule has 27 heavy (non-hydrogen) atoms. The SMILES string of the molecule is O=C(NCC#CCOc1ccc2cccnc2c1)c1ccccc1[N+](=O)[O-]. The summed E-state index contributed by atoms with van der Waals surface area (Å²) in [4.78, 5) is 26.6. The van der Waals surface area contributed by atoms with Crippen molar-refractivity contribution in [2.24, 2.45) is 0 Å². The molecule has 0 aliphatic heterocycles. The molecule has 0 aliphatic rings. The van der Waals surface area contributed by atoms with Crippen molar-refractivity contribution in [2.75, 3.05) is 13.2 Å². The molecule has 0 bridgehead atoms. The maximum atomic E-state index is 12.0. The largest absolute Gasteiger partial charge is 0.481 e. The average Bonchev–Trinajstić information content (AvgIpc) is 2.70. The minimum Gasteiger partial charge on any atom is -0.481 e. The van der Waals surface area contributed by atoms with E-state index < -0.39 is 10.8 Å². The van der Waals surface area contributed by atoms with E-state index in [4.69, 9.17) is 4.74 Å². The van der Waals surface area contributed by atoms with E-state index in [9.17, 15) is 14.9 Å². The molecule has 2 aromatic carbocycles. The molecule has 3 rings (SSSR count). The van der Waals surface area contributed by atoms with Crippen LogP contribution in [0.3, 0.4) is 0 Å². The zero-order valence-corrected chi connectivity index (χ0v) is 14.2. The molecule has 7 heteroatoms. The Morgan fingerprint density at radius 2 is 2.00 bits per heavy atom. The van der Waals surface area contributed by atoms with E-state index in [1.165, 1.54) is 18.2 Å². The zero-order valence-electron chi connectivity index (χ0n) is 14.2. The Balaban J connectivity index is 1.51. The van der Waals surface area contributed by atoms with Crippen LogP contribution in [0.5, 0.6) is 5.75 Å². The number of pyridine rings is 1. The lowest BCUT2D eigenvalue weighted by molar-refractivity contribution is -0.385. The summed E-state index contributed by atoms with van der Waals surface area (Å²) < 4.78 is 5.54. The number of para-hydroxylation sites is 1. The van der Waals surface area contributed by atoms with Crippen LogP contribution in [0.1, 0.15) is 10.4 Å². The Labute approximate surface area is 155 Å². The number of hydrogen-bond donors (Lipinski definition) is 1. The van der Waals surface area contributed by atoms with E-state index in [2.05, 4.69) is 22.1 Å². The summed E-state index contributed by atoms with van der Waals surface area (Å²) in [5.41, 5.74) is 0.597. The van der Waals surface area contributed by atoms with Crippen molar-refractivity contribution in [3.63, 3.8) is 0 Å². The lowest BCUT2D eigenvalue weighted by Gasteiger charge is -2.03. The van der Waals surface area contributed by atoms with Gasteiger partial charge in [-0.3, -0.25) is 19.9 Å². The predicted octanol–water partition coefficient (Wildman–Crippen LogP) is 2.96. The normalized spacial score (nSPS) is 9.93. The van der Waals surface area contributed by atoms with Gasteiger partial charge < -0.3 is 10.1 Å². The number of carbonyl (C=O) groups is 1. The highest BCUT2D eigenvalue weighted by atomic mass is 16.6. The molecule has 0 aliphatic carbocycles. The lowest BCUT2D eigenvalue weighted by Crippen LogP contribution is -2.24. The van der Waals surface area contributed by atoms with Crippen LogP contribution in [-0.2, 0) is 0 Å². The lowest BCUT2D eigenvalue weighted by atomic mass is 10.1. The minimum atomic E-state index is -0.590. The van der Waals surface area contributed by atoms with E-state index in [-0.39, 0.29) is 24.4 Å². The van der Waals surface area contributed by atoms with E-state index in [0.29, 0.717) is 5.75 Å². The van der Waals surface area contributed by atoms with Crippen molar-refractivity contribution in [1.29, 1.82) is 0 Å². The minimum absolute atomic E-state index is 0.00390. The molecule has 1 N–H and O–H groups in total. The first kappa shape index (κ1) is 17.9. The second-order valence-corrected chi connectivity index (χ2v) is 5.46. The molecule has 0 fully saturated rings. The van der Waals surface area contributed by atoms with Gasteiger partial charge in [-0.05, 0) is 24.3 Å². The van der Waals surface area contributed by atoms with Crippen molar-refractivity contribution >= 4 is 22.5 Å². The molecule has 0 atom stereocenters. The number of aromatic nitrogens is 1. The van der Waals surface area contributed by atoms with Gasteiger partial charge in [0.2, 0.25) is 0 Å². The van der Waals surface area contributed by atoms with Crippen molar-refractivity contribution in [3.05, 3.63) is 76.5 Å². The third-order valence-electron chi connectivity index (χ3n) is 3.70. The number of amides is 1. The number of nitro benzene ring substituents is 1. The van der Waals surface area contributed by atoms with Gasteiger partial charge in [-0.1, -0.05) is 30.0 Å². The molecule has 0 saturated carbocycles. The van der Waals surface area contributed by atoms with Gasteiger partial charge in [0.15, 0.2) is 0 Å². The summed E-state index contributed by atoms with van der Waals surface area (Å²) in [6, 6.07) is 15.2. The van der Waals surface area contributed by atoms with Gasteiger partial charge in [-0.2, -0.15) is 0 Å². The molecule has 1 heterocycles. The van der Waals surface area contributed by atoms with Crippen LogP contribution in [-0.4, -0.2) is 29.0 Å². The van der Waals surface area contributed by atoms with Crippen LogP contribution >= 0.6 is 0 Å². The van der Waals surface area contributed by atoms with Crippen LogP contribution < -0.4 is 10.1 Å². The standard InChI is InChI=1S/C20H15N3O4/c24-20(17-7-1-2-8-19(17)23(25)26)22-11-3-4-13-27-16-10-9-15-6-5-12-21-18(15)14-16/h1-2,5-10,12,14H,11,13H2,(H,22,24). The number of nitrogens with one attached hydrogen (secondary N) is 1. The number of ether oxygens (including phenoxy) is 1. The summed E-state index contributed by atoms with van der Waals surface area (Å²) in [6.45, 7) is 0.215. The van der Waals surface area contributed by atoms with Gasteiger partial charge >= 0.3 is 0 Å². The monoisotopic (exact) mass is 361 g/mol. The fourth-order valence-corrected chi connectivity index (χ4v) is 2.41. The first-order valence-electron chi connectivity index (χ1n) is 8.10. The topological polar surface area (TPSA) is 94.4 Å². The molecular formula is C20H15N3O4. The molecule has 0 radical (unpaired) electrons. The highest BCUT2D eigenvalue weighted by Crippen LogP contribution is 2.18. The fourth-order valence-electron chi connectivity index (χ4n) is 2.41. The quantitative estimate of drug-likeness (QED) is 0.428. The van der Waals surface area contributed by atoms with Crippen molar-refractivity contribution < 1.29 is 14.5 Å². The summed E-state index contributed by atoms with van der Waals surface area (Å²) in [5.74, 6) is 5.64. The summed E-state index contributed by atoms with van der Waals surface area (Å²) >= 11 is 0. The number of nitrogens with zero attached hydrogens (tertiary/aromatic N) is 2. The van der Waals surface area contributed by atoms with Crippen molar-refractivity contribution in [1.82, 2.24) is 10.3 Å². The van der Waals surface area contributed by atoms with Gasteiger partial charge in [0, 0.05) is 23.7 Å². The summed E-state index contributed by atoms with van der Waals surface area (Å²) in [5, 5.41) is 14.5. The molecule has 0 spiro atoms. The van der Waals surface area contributed by atoms with Crippen molar-refractivity contribution in [3.8, 4) is 17.6 Å². The molecule has 0 unspecified atom stereocenters. The average molecular weight is 361 g/mol. The third kappa shape index (κ3) is 4.58. The van der Waals surface area contributed by atoms with Crippen LogP contribution in [0.4, 0.5) is 5.69 Å². The molecule has 7 nitrogen and oxygen atoms in total. The molecule has 0 saturated heterocycles. The van der Waals surface area contributed by atoms with E-state index in [1.807, 2.05) is 30.3 Å². The molecular weight excluding hydrogens is 346 g/mol. The smallest absolute Gasteiger partial charge is 0.282 e. The summed E-state index contributed by atoms with van der Waals surface area (Å²) in [7, 11) is 0. The van der Waals surface area contributed by atoms with Gasteiger partial charge in [0.05, 0.1) is 17.0 Å². The first-order valence-corrected chi connectivity index (χ1v) is 8.10. The van der Waals surface area contributed by atoms with Crippen LogP contribution in [0.2, 0.25) is 0 Å². The van der Waals surface area contributed by atoms with Crippen molar-refractivity contribution in [2.45, 2.75) is 0 Å². The van der Waals surface area contributed by atoms with E-state index in [1.54, 1.807) is 12.3 Å². The molecule has 1 aromatic heterocycles. The summed E-state index contributed by atoms with van der Waals surface area (Å²) in [6.07, 6.45) is 1.71. The Hall–Kier alpha value is -3.92. The van der Waals surface area contributed by atoms with Crippen LogP contribution in [0, 0.1) is 22.0 Å². The third-order valence-corrected chi connectivity index (χ3v) is 3.70. The number of nitro groups is 1. The Morgan fingerprint density at radius 3 is 2.85 bits per heavy atom. The maximum Gasteiger partial charge on any atom is 0.282 e. The highest BCUT2D eigenvalue weighted by Gasteiger charge is 2.18. The maximum absolute atomic E-state index is 12.0. The first-order chi connectivity index (χ1) is 13.1. The van der Waals surface area contributed by atoms with Gasteiger partial charge in [-0.15, -0.1) is 0 Å². The second kappa shape index (κ2) is 8.45. The molecule has 1 amide bonds. The highest BCUT2D eigenvalue weighted by molar-refractivity contribution is 5.98. The predicted molar refractivity (Wildman–Crippen MR) is 100 cm³/mol. The van der Waals surface area contributed by atoms with E-state index in [0.717, 1.165) is 10.9 Å². The molecule has 134 valence electrons. The van der Waals surface area contributed by atoms with Gasteiger partial charge in [0.1, 0.15) is 17.9 Å². The number of benzene rings is 2. The number of hydrogen-bond acceptors (Lipinski definition) is 5. The number of fused-ring (bicyclic) bond motifs is 1. The second-order valence-electron chi connectivity index (χ2n) is 5.46. The molecule has 3 aromatic rings. The fraction of sp³-hybridized carbons (Fsp3) is 0.100. The van der Waals surface area contributed by atoms with Crippen LogP contribution in [0.15, 0.2) is 60.8 Å². The van der Waals surface area contributed by atoms with Crippen LogP contribution in [0.25, 0.3) is 10.9 Å².